The topological polar surface area (TPSA) is 522 Å². The van der Waals surface area contributed by atoms with Gasteiger partial charge in [0.2, 0.25) is 23.6 Å². The van der Waals surface area contributed by atoms with E-state index in [0.29, 0.717) is 149 Å². The second kappa shape index (κ2) is 46.4. The predicted molar refractivity (Wildman–Crippen MR) is 477 cm³/mol. The van der Waals surface area contributed by atoms with E-state index in [2.05, 4.69) is 66.1 Å². The Balaban J connectivity index is 0.530. The second-order valence-electron chi connectivity index (χ2n) is 34.6. The molecule has 3 saturated heterocycles. The number of aliphatic hydroxyl groups is 3. The van der Waals surface area contributed by atoms with Crippen molar-refractivity contribution in [3.8, 4) is 17.1 Å². The molecule has 6 aromatic heterocycles. The molecule has 5 aliphatic rings. The number of piperidine rings is 1. The molecule has 15 atom stereocenters. The number of phenols is 1. The molecule has 12 rings (SSSR count). The highest BCUT2D eigenvalue weighted by Crippen LogP contribution is 2.40. The number of ketones is 3. The van der Waals surface area contributed by atoms with Gasteiger partial charge in [-0.15, -0.1) is 5.10 Å². The number of amides is 4. The highest BCUT2D eigenvalue weighted by Gasteiger charge is 2.53. The van der Waals surface area contributed by atoms with E-state index in [4.69, 9.17) is 49.7 Å². The number of aromatic amines is 1. The van der Waals surface area contributed by atoms with Gasteiger partial charge in [0.15, 0.2) is 11.4 Å². The molecule has 10 heterocycles. The highest BCUT2D eigenvalue weighted by atomic mass is 16.6. The van der Waals surface area contributed by atoms with Crippen molar-refractivity contribution in [2.24, 2.45) is 35.3 Å². The van der Waals surface area contributed by atoms with E-state index in [-0.39, 0.29) is 119 Å². The zero-order valence-electron chi connectivity index (χ0n) is 75.2. The number of carbonyl (C=O) groups excluding carboxylic acids is 8. The SMILES string of the molecule is CO[C@H]1C[C@@H]2CC[C@@H](C)[C@@](O)(O2)C(=O)C(=O)N2CCCC[C@H]2C(=O)O[C@H]([C@H](N)C[C@@H]2CC[C@H](n3cc(COC(=O)NCCOCCOCCC(=O)NCc4cnc(N5CCN(c6ncc(C(=O)NCCCCn7nc(-c8cc9cc(O)ccc9[nH]8)c8c(N)ncnc87)cn6)CC5)nc4)nn3)[C@H](OC)C2)CC(=O)[C@H](C)/C=C(\C)[C@@H](O)[C@@H](O)C(=O)[C@H](C)C[C@H](C)/C=C/C=CC=C1C. The van der Waals surface area contributed by atoms with E-state index in [1.807, 2.05) is 55.2 Å². The first-order chi connectivity index (χ1) is 62.6. The number of nitrogens with two attached hydrogens (primary N) is 2. The van der Waals surface area contributed by atoms with Crippen molar-refractivity contribution in [1.29, 1.82) is 0 Å². The van der Waals surface area contributed by atoms with Crippen molar-refractivity contribution in [1.82, 2.24) is 80.5 Å². The van der Waals surface area contributed by atoms with Crippen LogP contribution >= 0.6 is 0 Å². The summed E-state index contributed by atoms with van der Waals surface area (Å²) in [5, 5.41) is 68.1. The lowest BCUT2D eigenvalue weighted by molar-refractivity contribution is -0.265. The predicted octanol–water partition coefficient (Wildman–Crippen LogP) is 6.35. The number of benzene rings is 1. The van der Waals surface area contributed by atoms with E-state index < -0.39 is 114 Å². The smallest absolute Gasteiger partial charge is 0.407 e. The van der Waals surface area contributed by atoms with Crippen LogP contribution in [0.3, 0.4) is 0 Å². The largest absolute Gasteiger partial charge is 0.508 e. The van der Waals surface area contributed by atoms with Gasteiger partial charge in [-0.25, -0.2) is 48.9 Å². The number of carbonyl (C=O) groups is 8. The van der Waals surface area contributed by atoms with Crippen molar-refractivity contribution in [3.05, 3.63) is 126 Å². The number of cyclic esters (lactones) is 1. The summed E-state index contributed by atoms with van der Waals surface area (Å²) in [6.45, 7) is 14.5. The van der Waals surface area contributed by atoms with Gasteiger partial charge < -0.3 is 101 Å². The third kappa shape index (κ3) is 25.6. The van der Waals surface area contributed by atoms with Crippen LogP contribution in [-0.4, -0.2) is 273 Å². The zero-order valence-corrected chi connectivity index (χ0v) is 75.2. The number of ether oxygens (including phenoxy) is 7. The summed E-state index contributed by atoms with van der Waals surface area (Å²) in [7, 11) is 3.12. The van der Waals surface area contributed by atoms with Crippen LogP contribution in [0.25, 0.3) is 33.3 Å². The number of unbranched alkanes of at least 4 members (excludes halogenated alkanes) is 1. The molecule has 39 nitrogen and oxygen atoms in total. The molecular weight excluding hydrogens is 1680 g/mol. The maximum atomic E-state index is 14.7. The molecule has 1 aromatic carbocycles. The minimum atomic E-state index is -2.52. The Morgan fingerprint density at radius 3 is 2.25 bits per heavy atom. The number of piperazine rings is 1. The summed E-state index contributed by atoms with van der Waals surface area (Å²) in [6.07, 6.45) is 18.7. The van der Waals surface area contributed by atoms with Gasteiger partial charge in [0.25, 0.3) is 17.6 Å². The third-order valence-corrected chi connectivity index (χ3v) is 25.0. The zero-order chi connectivity index (χ0) is 92.7. The summed E-state index contributed by atoms with van der Waals surface area (Å²) in [6, 6.07) is 4.43. The second-order valence-corrected chi connectivity index (χ2v) is 34.6. The molecule has 130 heavy (non-hydrogen) atoms. The van der Waals surface area contributed by atoms with Crippen LogP contribution in [0.1, 0.15) is 166 Å². The highest BCUT2D eigenvalue weighted by molar-refractivity contribution is 6.39. The molecule has 4 amide bonds. The molecule has 0 spiro atoms. The van der Waals surface area contributed by atoms with Crippen molar-refractivity contribution < 1.29 is 91.9 Å². The number of esters is 1. The van der Waals surface area contributed by atoms with Crippen LogP contribution in [-0.2, 0) is 81.6 Å². The number of allylic oxidation sites excluding steroid dienone is 6. The number of hydrogen-bond donors (Lipinski definition) is 10. The number of aryl methyl sites for hydroxylation is 1. The lowest BCUT2D eigenvalue weighted by Crippen LogP contribution is -2.61. The summed E-state index contributed by atoms with van der Waals surface area (Å²) in [4.78, 5) is 146. The fourth-order valence-corrected chi connectivity index (χ4v) is 17.3. The fourth-order valence-electron chi connectivity index (χ4n) is 17.3. The van der Waals surface area contributed by atoms with Crippen LogP contribution < -0.4 is 37.2 Å². The van der Waals surface area contributed by atoms with Gasteiger partial charge in [-0.05, 0) is 138 Å². The number of nitrogens with zero attached hydrogens (tertiary/aromatic N) is 14. The fraction of sp³-hybridized carbons (Fsp3) is 0.571. The summed E-state index contributed by atoms with van der Waals surface area (Å²) < 4.78 is 44.5. The van der Waals surface area contributed by atoms with Crippen LogP contribution in [0, 0.1) is 29.6 Å². The number of Topliss-reactive ketones (excluding diaryl/α,β-unsaturated/α-hetero) is 3. The van der Waals surface area contributed by atoms with Gasteiger partial charge in [-0.2, -0.15) is 5.10 Å². The summed E-state index contributed by atoms with van der Waals surface area (Å²) in [5.41, 5.74) is 18.6. The number of alkyl carbamates (subject to hydrolysis) is 1. The quantitative estimate of drug-likeness (QED) is 0.0110. The molecule has 1 saturated carbocycles. The number of aromatic nitrogens is 12. The Morgan fingerprint density at radius 1 is 0.769 bits per heavy atom. The lowest BCUT2D eigenvalue weighted by Gasteiger charge is -2.42. The van der Waals surface area contributed by atoms with E-state index >= 15 is 0 Å². The van der Waals surface area contributed by atoms with E-state index in [9.17, 15) is 58.8 Å². The van der Waals surface area contributed by atoms with Crippen LogP contribution in [0.5, 0.6) is 5.75 Å². The standard InChI is InChI=1S/C91H124N20O19/c1-54-16-10-9-11-17-55(2)73(124-7)44-66-22-19-59(6)91(123,130-66)82(118)86(120)109-28-14-12-18-71(109)87(121)129-74(45-72(113)56(3)39-58(5)80(116)81(117)79(115)57(4)38-54)67(92)40-60-20-24-70(75(41-60)125-8)111-51-64(104-106-111)52-128-90(122)95-27-35-127-37-36-126-34-25-76(114)96-46-61-47-97-88(98-48-61)107-30-32-108(33-31-107)89-99-49-63(50-100-89)85(119)94-26-13-15-29-110-84-77(83(93)101-53-102-84)78(105-110)69-43-62-42-65(112)21-23-68(62)103-69/h9-11,16-17,21,23,39,42-43,47-51,53-54,56-57,59-60,66-67,70-71,73-75,80-81,103,112,116-117,123H,12-15,18-20,22,24-38,40-41,44-46,52,92H2,1-8H3,(H,94,119)(H,95,122)(H,96,114)(H2,93,101,102)/b11-9?,16-10+,55-17?,58-39+/t54-,56-,57-,59-,60+,66+,67-,70+,71+,73+,74+,75-,80-,81+,91-/m1/s1. The van der Waals surface area contributed by atoms with Gasteiger partial charge in [-0.1, -0.05) is 69.4 Å². The van der Waals surface area contributed by atoms with Crippen LogP contribution in [0.4, 0.5) is 22.5 Å². The van der Waals surface area contributed by atoms with Gasteiger partial charge >= 0.3 is 12.1 Å². The maximum Gasteiger partial charge on any atom is 0.407 e. The van der Waals surface area contributed by atoms with Crippen molar-refractivity contribution >= 4 is 86.8 Å². The van der Waals surface area contributed by atoms with E-state index in [1.165, 1.54) is 31.7 Å². The van der Waals surface area contributed by atoms with Crippen molar-refractivity contribution in [2.75, 3.05) is 102 Å². The molecule has 12 N–H and O–H groups in total. The summed E-state index contributed by atoms with van der Waals surface area (Å²) in [5.74, 6) is -8.28. The first kappa shape index (κ1) is 97.6. The van der Waals surface area contributed by atoms with Crippen molar-refractivity contribution in [2.45, 2.75) is 218 Å². The number of aromatic hydroxyl groups is 1. The molecule has 2 bridgehead atoms. The van der Waals surface area contributed by atoms with E-state index in [0.717, 1.165) is 32.6 Å². The number of rotatable bonds is 28. The molecule has 4 aliphatic heterocycles. The number of aliphatic hydroxyl groups excluding tert-OH is 2. The molecule has 39 heteroatoms. The number of methoxy groups -OCH3 is 2. The number of phenolic OH excluding ortho intramolecular Hbond substituents is 1. The Kier molecular flexibility index (Phi) is 34.8. The molecule has 702 valence electrons. The minimum Gasteiger partial charge on any atom is -0.508 e. The number of nitrogens with one attached hydrogen (secondary N) is 4. The first-order valence-corrected chi connectivity index (χ1v) is 44.9. The molecule has 0 radical (unpaired) electrons. The number of hydrogen-bond acceptors (Lipinski definition) is 32. The Bertz CT molecular complexity index is 5150. The average molecular weight is 1800 g/mol. The first-order valence-electron chi connectivity index (χ1n) is 44.9. The lowest BCUT2D eigenvalue weighted by atomic mass is 9.79. The van der Waals surface area contributed by atoms with Crippen molar-refractivity contribution in [3.63, 3.8) is 0 Å². The van der Waals surface area contributed by atoms with Gasteiger partial charge in [0, 0.05) is 157 Å². The van der Waals surface area contributed by atoms with Crippen LogP contribution in [0.15, 0.2) is 109 Å². The summed E-state index contributed by atoms with van der Waals surface area (Å²) >= 11 is 0. The average Bonchev–Trinajstić information content (AvgIpc) is 1.52. The Hall–Kier alpha value is -11.4. The van der Waals surface area contributed by atoms with Crippen LogP contribution in [0.2, 0.25) is 0 Å². The maximum absolute atomic E-state index is 14.7. The molecule has 0 unspecified atom stereocenters. The van der Waals surface area contributed by atoms with Gasteiger partial charge in [0.05, 0.1) is 73.6 Å². The number of nitrogen functional groups attached to an aromatic ring is 1. The Labute approximate surface area is 754 Å². The molecule has 4 fully saturated rings. The molecule has 1 aliphatic carbocycles. The third-order valence-electron chi connectivity index (χ3n) is 25.0. The molecule has 7 aromatic rings. The minimum absolute atomic E-state index is 0.00523. The molecular formula is C91H124N20O19. The van der Waals surface area contributed by atoms with Gasteiger partial charge in [0.1, 0.15) is 66.0 Å². The number of anilines is 3. The Morgan fingerprint density at radius 2 is 1.51 bits per heavy atom. The normalized spacial score (nSPS) is 26.1. The van der Waals surface area contributed by atoms with Gasteiger partial charge in [-0.3, -0.25) is 28.8 Å². The van der Waals surface area contributed by atoms with E-state index in [1.54, 1.807) is 81.1 Å². The number of H-pyrrole nitrogens is 1. The monoisotopic (exact) mass is 1800 g/mol. The number of fused-ring (bicyclic) bond motifs is 5.